The lowest BCUT2D eigenvalue weighted by Gasteiger charge is -2.23. The van der Waals surface area contributed by atoms with Crippen molar-refractivity contribution in [1.29, 1.82) is 0 Å². The lowest BCUT2D eigenvalue weighted by atomic mass is 10.00. The number of ether oxygens (including phenoxy) is 1. The highest BCUT2D eigenvalue weighted by atomic mass is 16.5. The van der Waals surface area contributed by atoms with Gasteiger partial charge >= 0.3 is 0 Å². The molecule has 0 atom stereocenters. The largest absolute Gasteiger partial charge is 0.376 e. The first-order chi connectivity index (χ1) is 12.7. The number of fused-ring (bicyclic) bond motifs is 1. The number of nitrogens with one attached hydrogen (secondary N) is 1. The van der Waals surface area contributed by atoms with Gasteiger partial charge in [-0.3, -0.25) is 9.59 Å². The van der Waals surface area contributed by atoms with Crippen LogP contribution in [0.3, 0.4) is 0 Å². The van der Waals surface area contributed by atoms with Crippen LogP contribution in [-0.4, -0.2) is 35.9 Å². The molecule has 1 fully saturated rings. The molecule has 140 valence electrons. The Kier molecular flexibility index (Phi) is 6.45. The van der Waals surface area contributed by atoms with Gasteiger partial charge < -0.3 is 15.0 Å². The van der Waals surface area contributed by atoms with Crippen molar-refractivity contribution in [1.82, 2.24) is 10.2 Å². The molecule has 1 heterocycles. The summed E-state index contributed by atoms with van der Waals surface area (Å²) < 4.78 is 5.47. The Hall–Kier alpha value is -2.14. The van der Waals surface area contributed by atoms with Crippen LogP contribution in [0.15, 0.2) is 30.9 Å². The molecule has 5 heteroatoms. The first kappa shape index (κ1) is 18.6. The standard InChI is InChI=1S/C21H28N2O3/c1-2-21(25)23(11-9-20(24)22-19-5-3-4-6-19)14-16-7-8-18-15-26-12-10-17(18)13-16/h2,7-8,13,19H,1,3-6,9-12,14-15H2,(H,22,24). The van der Waals surface area contributed by atoms with Crippen LogP contribution in [0.4, 0.5) is 0 Å². The minimum atomic E-state index is -0.139. The van der Waals surface area contributed by atoms with Crippen molar-refractivity contribution in [3.63, 3.8) is 0 Å². The Morgan fingerprint density at radius 2 is 2.08 bits per heavy atom. The summed E-state index contributed by atoms with van der Waals surface area (Å²) in [6, 6.07) is 6.58. The third-order valence-corrected chi connectivity index (χ3v) is 5.23. The summed E-state index contributed by atoms with van der Waals surface area (Å²) >= 11 is 0. The van der Waals surface area contributed by atoms with Crippen LogP contribution < -0.4 is 5.32 Å². The first-order valence-electron chi connectivity index (χ1n) is 9.55. The predicted octanol–water partition coefficient (Wildman–Crippen LogP) is 2.72. The highest BCUT2D eigenvalue weighted by molar-refractivity contribution is 5.87. The quantitative estimate of drug-likeness (QED) is 0.764. The van der Waals surface area contributed by atoms with Gasteiger partial charge in [0.2, 0.25) is 11.8 Å². The van der Waals surface area contributed by atoms with Gasteiger partial charge in [-0.05, 0) is 42.0 Å². The molecular weight excluding hydrogens is 328 g/mol. The fourth-order valence-corrected chi connectivity index (χ4v) is 3.74. The molecule has 0 spiro atoms. The van der Waals surface area contributed by atoms with E-state index in [0.29, 0.717) is 32.2 Å². The molecule has 3 rings (SSSR count). The van der Waals surface area contributed by atoms with Crippen molar-refractivity contribution in [2.75, 3.05) is 13.2 Å². The van der Waals surface area contributed by atoms with Gasteiger partial charge in [-0.25, -0.2) is 0 Å². The van der Waals surface area contributed by atoms with Crippen molar-refractivity contribution >= 4 is 11.8 Å². The molecule has 0 radical (unpaired) electrons. The van der Waals surface area contributed by atoms with Crippen LogP contribution in [-0.2, 0) is 33.9 Å². The van der Waals surface area contributed by atoms with Crippen LogP contribution >= 0.6 is 0 Å². The van der Waals surface area contributed by atoms with E-state index in [9.17, 15) is 9.59 Å². The first-order valence-corrected chi connectivity index (χ1v) is 9.55. The van der Waals surface area contributed by atoms with E-state index in [1.165, 1.54) is 30.0 Å². The fourth-order valence-electron chi connectivity index (χ4n) is 3.74. The van der Waals surface area contributed by atoms with Gasteiger partial charge in [0, 0.05) is 25.6 Å². The zero-order valence-corrected chi connectivity index (χ0v) is 15.3. The second kappa shape index (κ2) is 8.99. The van der Waals surface area contributed by atoms with Gasteiger partial charge in [0.1, 0.15) is 0 Å². The molecule has 1 aromatic carbocycles. The summed E-state index contributed by atoms with van der Waals surface area (Å²) in [6.45, 7) is 5.90. The molecule has 1 aliphatic carbocycles. The Balaban J connectivity index is 1.58. The lowest BCUT2D eigenvalue weighted by molar-refractivity contribution is -0.128. The molecule has 26 heavy (non-hydrogen) atoms. The topological polar surface area (TPSA) is 58.6 Å². The number of hydrogen-bond donors (Lipinski definition) is 1. The Bertz CT molecular complexity index is 665. The van der Waals surface area contributed by atoms with Crippen LogP contribution in [0, 0.1) is 0 Å². The van der Waals surface area contributed by atoms with Gasteiger partial charge in [-0.1, -0.05) is 37.6 Å². The van der Waals surface area contributed by atoms with Crippen LogP contribution in [0.2, 0.25) is 0 Å². The molecule has 0 unspecified atom stereocenters. The van der Waals surface area contributed by atoms with Crippen molar-refractivity contribution in [3.05, 3.63) is 47.5 Å². The maximum absolute atomic E-state index is 12.2. The number of carbonyl (C=O) groups is 2. The molecule has 0 saturated heterocycles. The van der Waals surface area contributed by atoms with Crippen LogP contribution in [0.1, 0.15) is 48.8 Å². The molecule has 1 aliphatic heterocycles. The highest BCUT2D eigenvalue weighted by Gasteiger charge is 2.19. The summed E-state index contributed by atoms with van der Waals surface area (Å²) in [5.74, 6) is -0.110. The smallest absolute Gasteiger partial charge is 0.246 e. The molecule has 5 nitrogen and oxygen atoms in total. The van der Waals surface area contributed by atoms with E-state index in [2.05, 4.69) is 24.0 Å². The number of amides is 2. The minimum Gasteiger partial charge on any atom is -0.376 e. The zero-order chi connectivity index (χ0) is 18.4. The number of nitrogens with zero attached hydrogens (tertiary/aromatic N) is 1. The van der Waals surface area contributed by atoms with Crippen LogP contribution in [0.25, 0.3) is 0 Å². The molecule has 1 aromatic rings. The number of hydrogen-bond acceptors (Lipinski definition) is 3. The minimum absolute atomic E-state index is 0.0290. The van der Waals surface area contributed by atoms with Crippen molar-refractivity contribution < 1.29 is 14.3 Å². The molecule has 0 aromatic heterocycles. The summed E-state index contributed by atoms with van der Waals surface area (Å²) in [6.07, 6.45) is 7.07. The fraction of sp³-hybridized carbons (Fsp3) is 0.524. The highest BCUT2D eigenvalue weighted by Crippen LogP contribution is 2.20. The average molecular weight is 356 g/mol. The number of benzene rings is 1. The summed E-state index contributed by atoms with van der Waals surface area (Å²) in [7, 11) is 0. The molecule has 1 saturated carbocycles. The Morgan fingerprint density at radius 1 is 1.27 bits per heavy atom. The maximum Gasteiger partial charge on any atom is 0.246 e. The normalized spacial score (nSPS) is 16.8. The maximum atomic E-state index is 12.2. The van der Waals surface area contributed by atoms with Crippen LogP contribution in [0.5, 0.6) is 0 Å². The Labute approximate surface area is 155 Å². The number of rotatable bonds is 7. The summed E-state index contributed by atoms with van der Waals surface area (Å²) in [5.41, 5.74) is 3.59. The van der Waals surface area contributed by atoms with Crippen molar-refractivity contribution in [3.8, 4) is 0 Å². The lowest BCUT2D eigenvalue weighted by Crippen LogP contribution is -2.37. The van der Waals surface area contributed by atoms with Gasteiger partial charge in [0.15, 0.2) is 0 Å². The molecule has 2 amide bonds. The van der Waals surface area contributed by atoms with E-state index in [0.717, 1.165) is 31.4 Å². The molecular formula is C21H28N2O3. The van der Waals surface area contributed by atoms with Gasteiger partial charge in [-0.15, -0.1) is 0 Å². The third kappa shape index (κ3) is 4.94. The SMILES string of the molecule is C=CC(=O)N(CCC(=O)NC1CCCC1)Cc1ccc2c(c1)CCOC2. The van der Waals surface area contributed by atoms with Gasteiger partial charge in [-0.2, -0.15) is 0 Å². The van der Waals surface area contributed by atoms with E-state index in [-0.39, 0.29) is 11.8 Å². The van der Waals surface area contributed by atoms with Crippen molar-refractivity contribution in [2.24, 2.45) is 0 Å². The monoisotopic (exact) mass is 356 g/mol. The molecule has 0 bridgehead atoms. The van der Waals surface area contributed by atoms with Gasteiger partial charge in [0.25, 0.3) is 0 Å². The second-order valence-electron chi connectivity index (χ2n) is 7.17. The predicted molar refractivity (Wildman–Crippen MR) is 100 cm³/mol. The zero-order valence-electron chi connectivity index (χ0n) is 15.3. The van der Waals surface area contributed by atoms with E-state index in [4.69, 9.17) is 4.74 Å². The third-order valence-electron chi connectivity index (χ3n) is 5.23. The Morgan fingerprint density at radius 3 is 2.85 bits per heavy atom. The molecule has 1 N–H and O–H groups in total. The van der Waals surface area contributed by atoms with Gasteiger partial charge in [0.05, 0.1) is 13.2 Å². The van der Waals surface area contributed by atoms with Crippen molar-refractivity contribution in [2.45, 2.75) is 57.7 Å². The van der Waals surface area contributed by atoms with E-state index >= 15 is 0 Å². The van der Waals surface area contributed by atoms with E-state index in [1.807, 2.05) is 6.07 Å². The number of carbonyl (C=O) groups excluding carboxylic acids is 2. The molecule has 2 aliphatic rings. The summed E-state index contributed by atoms with van der Waals surface area (Å²) in [5, 5.41) is 3.08. The van der Waals surface area contributed by atoms with E-state index < -0.39 is 0 Å². The average Bonchev–Trinajstić information content (AvgIpc) is 3.17. The van der Waals surface area contributed by atoms with E-state index in [1.54, 1.807) is 4.90 Å². The summed E-state index contributed by atoms with van der Waals surface area (Å²) in [4.78, 5) is 26.1. The second-order valence-corrected chi connectivity index (χ2v) is 7.17.